The van der Waals surface area contributed by atoms with Crippen LogP contribution in [-0.4, -0.2) is 33.0 Å². The molecule has 0 saturated carbocycles. The van der Waals surface area contributed by atoms with Gasteiger partial charge in [-0.15, -0.1) is 0 Å². The summed E-state index contributed by atoms with van der Waals surface area (Å²) in [6, 6.07) is 4.47. The molecule has 6 nitrogen and oxygen atoms in total. The summed E-state index contributed by atoms with van der Waals surface area (Å²) >= 11 is 0. The van der Waals surface area contributed by atoms with Gasteiger partial charge in [0.25, 0.3) is 0 Å². The predicted molar refractivity (Wildman–Crippen MR) is 84.2 cm³/mol. The molecule has 0 aliphatic heterocycles. The summed E-state index contributed by atoms with van der Waals surface area (Å²) in [6.07, 6.45) is 1.50. The molecule has 0 aliphatic carbocycles. The number of nitrogens with one attached hydrogen (secondary N) is 2. The maximum Gasteiger partial charge on any atom is 0.151 e. The third-order valence-corrected chi connectivity index (χ3v) is 4.50. The van der Waals surface area contributed by atoms with E-state index in [1.807, 2.05) is 0 Å². The second kappa shape index (κ2) is 7.84. The number of nitrogens with two attached hydrogens (primary N) is 2. The van der Waals surface area contributed by atoms with Crippen LogP contribution in [0.2, 0.25) is 0 Å². The Labute approximate surface area is 124 Å². The average Bonchev–Trinajstić information content (AvgIpc) is 2.46. The standard InChI is InChI=1S/C13H21FN4O2S/c1-2-21(19,20)6-5-17-13-4-3-11(7-12(13)14)18-9-10(16)8-15/h3-4,7,9,17-18H,2,5-6,8,15-16H2,1H3/b10-9-. The molecule has 0 spiro atoms. The van der Waals surface area contributed by atoms with Crippen LogP contribution < -0.4 is 22.1 Å². The fourth-order valence-corrected chi connectivity index (χ4v) is 2.17. The van der Waals surface area contributed by atoms with Crippen molar-refractivity contribution in [3.8, 4) is 0 Å². The summed E-state index contributed by atoms with van der Waals surface area (Å²) in [5.41, 5.74) is 12.1. The first kappa shape index (κ1) is 17.3. The van der Waals surface area contributed by atoms with E-state index in [4.69, 9.17) is 11.5 Å². The lowest BCUT2D eigenvalue weighted by Crippen LogP contribution is -2.17. The summed E-state index contributed by atoms with van der Waals surface area (Å²) < 4.78 is 36.5. The van der Waals surface area contributed by atoms with Crippen molar-refractivity contribution in [2.75, 3.05) is 35.2 Å². The van der Waals surface area contributed by atoms with Gasteiger partial charge in [-0.25, -0.2) is 12.8 Å². The van der Waals surface area contributed by atoms with Crippen molar-refractivity contribution in [1.29, 1.82) is 0 Å². The lowest BCUT2D eigenvalue weighted by Gasteiger charge is -2.09. The third-order valence-electron chi connectivity index (χ3n) is 2.80. The molecule has 8 heteroatoms. The zero-order valence-corrected chi connectivity index (χ0v) is 12.7. The van der Waals surface area contributed by atoms with Gasteiger partial charge in [-0.2, -0.15) is 0 Å². The molecule has 0 heterocycles. The summed E-state index contributed by atoms with van der Waals surface area (Å²) in [7, 11) is -3.06. The lowest BCUT2D eigenvalue weighted by atomic mass is 10.2. The summed E-state index contributed by atoms with van der Waals surface area (Å²) in [6.45, 7) is 1.96. The number of hydrogen-bond acceptors (Lipinski definition) is 6. The molecule has 1 aromatic carbocycles. The Balaban J connectivity index is 2.62. The summed E-state index contributed by atoms with van der Waals surface area (Å²) in [5.74, 6) is -0.429. The highest BCUT2D eigenvalue weighted by Gasteiger charge is 2.08. The van der Waals surface area contributed by atoms with E-state index >= 15 is 0 Å². The van der Waals surface area contributed by atoms with Crippen molar-refractivity contribution in [3.63, 3.8) is 0 Å². The molecule has 1 rings (SSSR count). The first-order chi connectivity index (χ1) is 9.88. The van der Waals surface area contributed by atoms with Crippen LogP contribution in [0.1, 0.15) is 6.92 Å². The Morgan fingerprint density at radius 3 is 2.71 bits per heavy atom. The van der Waals surface area contributed by atoms with Gasteiger partial charge in [0.05, 0.1) is 11.4 Å². The van der Waals surface area contributed by atoms with Crippen molar-refractivity contribution in [2.45, 2.75) is 6.92 Å². The highest BCUT2D eigenvalue weighted by atomic mass is 32.2. The molecule has 21 heavy (non-hydrogen) atoms. The minimum Gasteiger partial charge on any atom is -0.400 e. The smallest absolute Gasteiger partial charge is 0.151 e. The predicted octanol–water partition coefficient (Wildman–Crippen LogP) is 0.843. The van der Waals surface area contributed by atoms with Crippen LogP contribution in [0.15, 0.2) is 30.1 Å². The Morgan fingerprint density at radius 1 is 1.43 bits per heavy atom. The van der Waals surface area contributed by atoms with Crippen LogP contribution in [0.25, 0.3) is 0 Å². The highest BCUT2D eigenvalue weighted by Crippen LogP contribution is 2.19. The topological polar surface area (TPSA) is 110 Å². The molecule has 1 aromatic rings. The number of hydrogen-bond donors (Lipinski definition) is 4. The molecule has 0 aliphatic rings. The van der Waals surface area contributed by atoms with Gasteiger partial charge >= 0.3 is 0 Å². The molecular formula is C13H21FN4O2S. The minimum absolute atomic E-state index is 0.0291. The number of benzene rings is 1. The van der Waals surface area contributed by atoms with Gasteiger partial charge in [0.1, 0.15) is 5.82 Å². The van der Waals surface area contributed by atoms with E-state index in [1.165, 1.54) is 18.3 Å². The van der Waals surface area contributed by atoms with Crippen LogP contribution in [0.5, 0.6) is 0 Å². The quantitative estimate of drug-likeness (QED) is 0.566. The highest BCUT2D eigenvalue weighted by molar-refractivity contribution is 7.91. The first-order valence-electron chi connectivity index (χ1n) is 6.53. The van der Waals surface area contributed by atoms with Gasteiger partial charge in [-0.1, -0.05) is 6.92 Å². The molecule has 0 unspecified atom stereocenters. The van der Waals surface area contributed by atoms with E-state index in [1.54, 1.807) is 13.0 Å². The fourth-order valence-electron chi connectivity index (χ4n) is 1.47. The van der Waals surface area contributed by atoms with Crippen LogP contribution >= 0.6 is 0 Å². The molecule has 6 N–H and O–H groups in total. The van der Waals surface area contributed by atoms with Crippen molar-refractivity contribution in [1.82, 2.24) is 0 Å². The molecule has 0 amide bonds. The van der Waals surface area contributed by atoms with E-state index in [2.05, 4.69) is 10.6 Å². The van der Waals surface area contributed by atoms with E-state index in [0.717, 1.165) is 0 Å². The molecule has 118 valence electrons. The van der Waals surface area contributed by atoms with E-state index in [9.17, 15) is 12.8 Å². The Morgan fingerprint density at radius 2 is 2.14 bits per heavy atom. The van der Waals surface area contributed by atoms with Gasteiger partial charge in [0, 0.05) is 36.4 Å². The number of halogens is 1. The second-order valence-electron chi connectivity index (χ2n) is 4.43. The monoisotopic (exact) mass is 316 g/mol. The largest absolute Gasteiger partial charge is 0.400 e. The first-order valence-corrected chi connectivity index (χ1v) is 8.35. The molecule has 0 bridgehead atoms. The number of anilines is 2. The van der Waals surface area contributed by atoms with Crippen LogP contribution in [0, 0.1) is 5.82 Å². The Bertz CT molecular complexity index is 602. The van der Waals surface area contributed by atoms with Crippen molar-refractivity contribution in [3.05, 3.63) is 35.9 Å². The van der Waals surface area contributed by atoms with Gasteiger partial charge in [-0.3, -0.25) is 0 Å². The maximum absolute atomic E-state index is 13.8. The third kappa shape index (κ3) is 6.01. The van der Waals surface area contributed by atoms with Gasteiger partial charge in [-0.05, 0) is 18.2 Å². The van der Waals surface area contributed by atoms with Crippen LogP contribution in [-0.2, 0) is 9.84 Å². The fraction of sp³-hybridized carbons (Fsp3) is 0.385. The SMILES string of the molecule is CCS(=O)(=O)CCNc1ccc(N/C=C(\N)CN)cc1F. The zero-order valence-electron chi connectivity index (χ0n) is 11.9. The molecule has 0 atom stereocenters. The van der Waals surface area contributed by atoms with E-state index in [0.29, 0.717) is 11.4 Å². The van der Waals surface area contributed by atoms with Gasteiger partial charge in [0.15, 0.2) is 9.84 Å². The Hall–Kier alpha value is -1.80. The van der Waals surface area contributed by atoms with Gasteiger partial charge in [0.2, 0.25) is 0 Å². The lowest BCUT2D eigenvalue weighted by molar-refractivity contribution is 0.597. The van der Waals surface area contributed by atoms with Gasteiger partial charge < -0.3 is 22.1 Å². The number of rotatable bonds is 8. The van der Waals surface area contributed by atoms with E-state index < -0.39 is 15.7 Å². The molecular weight excluding hydrogens is 295 g/mol. The molecule has 0 radical (unpaired) electrons. The summed E-state index contributed by atoms with van der Waals surface area (Å²) in [4.78, 5) is 0. The zero-order chi connectivity index (χ0) is 15.9. The summed E-state index contributed by atoms with van der Waals surface area (Å²) in [5, 5.41) is 5.59. The van der Waals surface area contributed by atoms with Crippen molar-refractivity contribution < 1.29 is 12.8 Å². The molecule has 0 saturated heterocycles. The Kier molecular flexibility index (Phi) is 6.44. The van der Waals surface area contributed by atoms with Crippen molar-refractivity contribution >= 4 is 21.2 Å². The minimum atomic E-state index is -3.06. The maximum atomic E-state index is 13.8. The average molecular weight is 316 g/mol. The normalized spacial score (nSPS) is 12.2. The van der Waals surface area contributed by atoms with Crippen molar-refractivity contribution in [2.24, 2.45) is 11.5 Å². The number of sulfone groups is 1. The molecule has 0 fully saturated rings. The second-order valence-corrected chi connectivity index (χ2v) is 6.90. The van der Waals surface area contributed by atoms with Crippen LogP contribution in [0.4, 0.5) is 15.8 Å². The van der Waals surface area contributed by atoms with Crippen LogP contribution in [0.3, 0.4) is 0 Å². The van der Waals surface area contributed by atoms with E-state index in [-0.39, 0.29) is 30.3 Å². The molecule has 0 aromatic heterocycles.